The van der Waals surface area contributed by atoms with Gasteiger partial charge in [0, 0.05) is 11.9 Å². The molecule has 176 valence electrons. The van der Waals surface area contributed by atoms with E-state index in [4.69, 9.17) is 32.7 Å². The number of hydrogen-bond acceptors (Lipinski definition) is 7. The molecule has 1 N–H and O–H groups in total. The molecule has 0 aliphatic carbocycles. The number of amidine groups is 1. The molecule has 2 aromatic rings. The minimum atomic E-state index is -0.391. The lowest BCUT2D eigenvalue weighted by atomic mass is 9.95. The van der Waals surface area contributed by atoms with E-state index in [0.717, 1.165) is 10.7 Å². The molecular weight excluding hydrogens is 497 g/mol. The topological polar surface area (TPSA) is 80.2 Å². The largest absolute Gasteiger partial charge is 0.484 e. The first-order chi connectivity index (χ1) is 16.4. The number of rotatable bonds is 7. The van der Waals surface area contributed by atoms with Crippen LogP contribution < -0.4 is 10.1 Å². The summed E-state index contributed by atoms with van der Waals surface area (Å²) in [5.41, 5.74) is 2.52. The van der Waals surface area contributed by atoms with E-state index in [2.05, 4.69) is 10.3 Å². The summed E-state index contributed by atoms with van der Waals surface area (Å²) in [5.74, 6) is -0.210. The van der Waals surface area contributed by atoms with Crippen LogP contribution in [0.1, 0.15) is 25.5 Å². The van der Waals surface area contributed by atoms with Crippen molar-refractivity contribution in [1.29, 1.82) is 0 Å². The van der Waals surface area contributed by atoms with Crippen molar-refractivity contribution in [2.24, 2.45) is 4.99 Å². The Kier molecular flexibility index (Phi) is 7.50. The summed E-state index contributed by atoms with van der Waals surface area (Å²) in [6.07, 6.45) is 1.90. The number of esters is 1. The van der Waals surface area contributed by atoms with Crippen LogP contribution in [-0.2, 0) is 14.3 Å². The van der Waals surface area contributed by atoms with Gasteiger partial charge in [-0.1, -0.05) is 47.1 Å². The number of benzene rings is 2. The average Bonchev–Trinajstić information content (AvgIpc) is 3.28. The summed E-state index contributed by atoms with van der Waals surface area (Å²) in [4.78, 5) is 31.5. The van der Waals surface area contributed by atoms with Crippen LogP contribution in [0.4, 0.5) is 5.69 Å². The molecule has 2 heterocycles. The molecule has 2 aromatic carbocycles. The van der Waals surface area contributed by atoms with E-state index in [1.165, 1.54) is 11.8 Å². The number of allylic oxidation sites excluding steroid dienone is 1. The molecule has 2 aliphatic rings. The van der Waals surface area contributed by atoms with Crippen LogP contribution in [0.3, 0.4) is 0 Å². The first-order valence-electron chi connectivity index (χ1n) is 10.4. The van der Waals surface area contributed by atoms with Crippen molar-refractivity contribution in [2.75, 3.05) is 18.5 Å². The molecule has 4 rings (SSSR count). The van der Waals surface area contributed by atoms with Crippen LogP contribution >= 0.6 is 35.0 Å². The zero-order valence-corrected chi connectivity index (χ0v) is 20.7. The number of carbonyl (C=O) groups excluding carboxylic acids is 2. The standard InChI is InChI=1S/C24H21Cl2N3O4S/c1-3-32-23(31)21-14(2)27-24-29(10-11-34-24)22(21)15-4-7-17(8-5-15)33-13-20(30)28-16-6-9-18(25)19(26)12-16/h4-12,22H,3,13H2,1-2H3,(H,28,30)/t22-/m0/s1. The SMILES string of the molecule is CCOC(=O)C1=C(C)N=C2SC=CN2[C@H]1c1ccc(OCC(=O)Nc2ccc(Cl)c(Cl)c2)cc1. The smallest absolute Gasteiger partial charge is 0.338 e. The van der Waals surface area contributed by atoms with Gasteiger partial charge in [0.1, 0.15) is 5.75 Å². The fourth-order valence-corrected chi connectivity index (χ4v) is 4.65. The zero-order chi connectivity index (χ0) is 24.2. The Morgan fingerprint density at radius 1 is 1.15 bits per heavy atom. The molecule has 7 nitrogen and oxygen atoms in total. The highest BCUT2D eigenvalue weighted by molar-refractivity contribution is 8.16. The van der Waals surface area contributed by atoms with Crippen molar-refractivity contribution < 1.29 is 19.1 Å². The molecular formula is C24H21Cl2N3O4S. The first-order valence-corrected chi connectivity index (χ1v) is 12.1. The molecule has 0 radical (unpaired) electrons. The van der Waals surface area contributed by atoms with E-state index in [0.29, 0.717) is 32.8 Å². The molecule has 0 aromatic heterocycles. The second kappa shape index (κ2) is 10.5. The van der Waals surface area contributed by atoms with Crippen molar-refractivity contribution in [3.8, 4) is 5.75 Å². The van der Waals surface area contributed by atoms with Gasteiger partial charge in [-0.3, -0.25) is 4.79 Å². The summed E-state index contributed by atoms with van der Waals surface area (Å²) >= 11 is 13.4. The number of amides is 1. The monoisotopic (exact) mass is 517 g/mol. The minimum absolute atomic E-state index is 0.182. The lowest BCUT2D eigenvalue weighted by Gasteiger charge is -2.33. The lowest BCUT2D eigenvalue weighted by molar-refractivity contribution is -0.139. The molecule has 0 spiro atoms. The molecule has 10 heteroatoms. The summed E-state index contributed by atoms with van der Waals surface area (Å²) in [7, 11) is 0. The summed E-state index contributed by atoms with van der Waals surface area (Å²) in [6.45, 7) is 3.68. The first kappa shape index (κ1) is 24.2. The quantitative estimate of drug-likeness (QED) is 0.469. The van der Waals surface area contributed by atoms with E-state index in [1.807, 2.05) is 35.6 Å². The predicted molar refractivity (Wildman–Crippen MR) is 135 cm³/mol. The van der Waals surface area contributed by atoms with E-state index in [1.54, 1.807) is 37.3 Å². The highest BCUT2D eigenvalue weighted by atomic mass is 35.5. The Balaban J connectivity index is 1.46. The third kappa shape index (κ3) is 5.24. The Hall–Kier alpha value is -2.94. The predicted octanol–water partition coefficient (Wildman–Crippen LogP) is 5.78. The zero-order valence-electron chi connectivity index (χ0n) is 18.4. The lowest BCUT2D eigenvalue weighted by Crippen LogP contribution is -2.34. The van der Waals surface area contributed by atoms with Gasteiger partial charge in [0.05, 0.1) is 34.0 Å². The van der Waals surface area contributed by atoms with E-state index in [9.17, 15) is 9.59 Å². The van der Waals surface area contributed by atoms with Crippen LogP contribution in [0.25, 0.3) is 0 Å². The number of hydrogen-bond donors (Lipinski definition) is 1. The fourth-order valence-electron chi connectivity index (χ4n) is 3.56. The molecule has 0 bridgehead atoms. The van der Waals surface area contributed by atoms with Gasteiger partial charge in [0.15, 0.2) is 11.8 Å². The van der Waals surface area contributed by atoms with Gasteiger partial charge in [0.25, 0.3) is 5.91 Å². The number of nitrogens with zero attached hydrogens (tertiary/aromatic N) is 2. The van der Waals surface area contributed by atoms with Crippen LogP contribution in [0.2, 0.25) is 10.0 Å². The average molecular weight is 518 g/mol. The fraction of sp³-hybridized carbons (Fsp3) is 0.208. The van der Waals surface area contributed by atoms with Gasteiger partial charge in [0.2, 0.25) is 0 Å². The van der Waals surface area contributed by atoms with Crippen LogP contribution in [-0.4, -0.2) is 35.2 Å². The number of thioether (sulfide) groups is 1. The van der Waals surface area contributed by atoms with Crippen molar-refractivity contribution in [3.05, 3.63) is 81.0 Å². The number of fused-ring (bicyclic) bond motifs is 1. The van der Waals surface area contributed by atoms with Gasteiger partial charge < -0.3 is 19.7 Å². The maximum absolute atomic E-state index is 12.7. The number of halogens is 2. The molecule has 34 heavy (non-hydrogen) atoms. The van der Waals surface area contributed by atoms with Crippen LogP contribution in [0, 0.1) is 0 Å². The Labute approximate surface area is 211 Å². The molecule has 0 saturated carbocycles. The minimum Gasteiger partial charge on any atom is -0.484 e. The number of aliphatic imine (C=N–C) groups is 1. The molecule has 1 atom stereocenters. The summed E-state index contributed by atoms with van der Waals surface area (Å²) in [6, 6.07) is 11.7. The van der Waals surface area contributed by atoms with Gasteiger partial charge in [-0.05, 0) is 55.2 Å². The molecule has 0 fully saturated rings. The normalized spacial score (nSPS) is 16.8. The van der Waals surface area contributed by atoms with Gasteiger partial charge in [-0.25, -0.2) is 9.79 Å². The second-order valence-corrected chi connectivity index (χ2v) is 9.05. The number of anilines is 1. The Bertz CT molecular complexity index is 1210. The van der Waals surface area contributed by atoms with Crippen molar-refractivity contribution in [3.63, 3.8) is 0 Å². The maximum atomic E-state index is 12.7. The van der Waals surface area contributed by atoms with E-state index in [-0.39, 0.29) is 25.2 Å². The highest BCUT2D eigenvalue weighted by Crippen LogP contribution is 2.41. The Morgan fingerprint density at radius 3 is 2.62 bits per heavy atom. The number of ether oxygens (including phenoxy) is 2. The van der Waals surface area contributed by atoms with E-state index < -0.39 is 5.97 Å². The van der Waals surface area contributed by atoms with Crippen LogP contribution in [0.15, 0.2) is 70.3 Å². The molecule has 0 unspecified atom stereocenters. The summed E-state index contributed by atoms with van der Waals surface area (Å²) < 4.78 is 10.9. The van der Waals surface area contributed by atoms with Gasteiger partial charge in [-0.2, -0.15) is 0 Å². The third-order valence-electron chi connectivity index (χ3n) is 5.09. The molecule has 1 amide bonds. The highest BCUT2D eigenvalue weighted by Gasteiger charge is 2.37. The van der Waals surface area contributed by atoms with Crippen molar-refractivity contribution >= 4 is 57.7 Å². The molecule has 0 saturated heterocycles. The van der Waals surface area contributed by atoms with E-state index >= 15 is 0 Å². The van der Waals surface area contributed by atoms with Gasteiger partial charge >= 0.3 is 5.97 Å². The number of carbonyl (C=O) groups is 2. The molecule has 2 aliphatic heterocycles. The Morgan fingerprint density at radius 2 is 1.91 bits per heavy atom. The second-order valence-electron chi connectivity index (χ2n) is 7.36. The third-order valence-corrected chi connectivity index (χ3v) is 6.59. The number of nitrogens with one attached hydrogen (secondary N) is 1. The summed E-state index contributed by atoms with van der Waals surface area (Å²) in [5, 5.41) is 6.20. The maximum Gasteiger partial charge on any atom is 0.338 e. The van der Waals surface area contributed by atoms with Crippen molar-refractivity contribution in [1.82, 2.24) is 4.90 Å². The van der Waals surface area contributed by atoms with Crippen LogP contribution in [0.5, 0.6) is 5.75 Å². The van der Waals surface area contributed by atoms with Crippen molar-refractivity contribution in [2.45, 2.75) is 19.9 Å². The van der Waals surface area contributed by atoms with Gasteiger partial charge in [-0.15, -0.1) is 0 Å².